The van der Waals surface area contributed by atoms with Gasteiger partial charge in [-0.25, -0.2) is 8.42 Å². The van der Waals surface area contributed by atoms with Gasteiger partial charge in [-0.15, -0.1) is 0 Å². The summed E-state index contributed by atoms with van der Waals surface area (Å²) in [7, 11) is -3.80. The number of nitriles is 1. The summed E-state index contributed by atoms with van der Waals surface area (Å²) in [6.45, 7) is 1.92. The van der Waals surface area contributed by atoms with Crippen LogP contribution in [0.4, 0.5) is 0 Å². The summed E-state index contributed by atoms with van der Waals surface area (Å²) in [4.78, 5) is 29.0. The highest BCUT2D eigenvalue weighted by Crippen LogP contribution is 2.24. The summed E-state index contributed by atoms with van der Waals surface area (Å²) in [5.74, 6) is 0.364. The number of piperazine rings is 1. The number of ether oxygens (including phenoxy) is 1. The lowest BCUT2D eigenvalue weighted by Gasteiger charge is -2.38. The van der Waals surface area contributed by atoms with E-state index in [1.54, 1.807) is 34.1 Å². The van der Waals surface area contributed by atoms with E-state index in [4.69, 9.17) is 4.74 Å². The van der Waals surface area contributed by atoms with Gasteiger partial charge in [0.15, 0.2) is 6.61 Å². The Morgan fingerprint density at radius 2 is 1.51 bits per heavy atom. The van der Waals surface area contributed by atoms with Crippen LogP contribution in [0.2, 0.25) is 0 Å². The van der Waals surface area contributed by atoms with Crippen molar-refractivity contribution in [2.24, 2.45) is 5.92 Å². The number of amides is 2. The third-order valence-corrected chi connectivity index (χ3v) is 8.43. The van der Waals surface area contributed by atoms with Gasteiger partial charge < -0.3 is 14.5 Å². The van der Waals surface area contributed by atoms with Crippen LogP contribution in [0.1, 0.15) is 18.4 Å². The zero-order valence-electron chi connectivity index (χ0n) is 19.4. The maximum absolute atomic E-state index is 13.1. The minimum atomic E-state index is -3.80. The van der Waals surface area contributed by atoms with E-state index in [2.05, 4.69) is 0 Å². The van der Waals surface area contributed by atoms with E-state index in [0.29, 0.717) is 44.8 Å². The molecule has 0 saturated carbocycles. The Bertz CT molecular complexity index is 1200. The van der Waals surface area contributed by atoms with Crippen molar-refractivity contribution in [1.29, 1.82) is 5.26 Å². The van der Waals surface area contributed by atoms with Crippen molar-refractivity contribution in [3.05, 3.63) is 60.2 Å². The standard InChI is InChI=1S/C25H28N4O5S/c26-18-21-6-4-5-9-23(21)35(32,33)29-16-14-28(15-17-29)25(31)20-10-12-27(13-11-20)24(30)19-34-22-7-2-1-3-8-22/h1-9,20H,10-17,19H2. The van der Waals surface area contributed by atoms with Crippen molar-refractivity contribution < 1.29 is 22.7 Å². The molecule has 2 aliphatic heterocycles. The van der Waals surface area contributed by atoms with Gasteiger partial charge in [-0.1, -0.05) is 30.3 Å². The van der Waals surface area contributed by atoms with E-state index in [0.717, 1.165) is 0 Å². The van der Waals surface area contributed by atoms with Crippen molar-refractivity contribution in [2.75, 3.05) is 45.9 Å². The fourth-order valence-corrected chi connectivity index (χ4v) is 6.02. The molecule has 10 heteroatoms. The number of sulfonamides is 1. The van der Waals surface area contributed by atoms with Crippen LogP contribution in [0.3, 0.4) is 0 Å². The van der Waals surface area contributed by atoms with Gasteiger partial charge in [-0.3, -0.25) is 9.59 Å². The van der Waals surface area contributed by atoms with E-state index in [-0.39, 0.29) is 47.9 Å². The molecule has 0 atom stereocenters. The van der Waals surface area contributed by atoms with Gasteiger partial charge in [0.05, 0.1) is 10.5 Å². The number of piperidine rings is 1. The maximum atomic E-state index is 13.1. The average molecular weight is 497 g/mol. The third-order valence-electron chi connectivity index (χ3n) is 6.48. The van der Waals surface area contributed by atoms with E-state index in [9.17, 15) is 23.3 Å². The molecule has 2 amide bonds. The van der Waals surface area contributed by atoms with Gasteiger partial charge in [0.2, 0.25) is 15.9 Å². The van der Waals surface area contributed by atoms with E-state index < -0.39 is 10.0 Å². The molecule has 2 aromatic carbocycles. The number of carbonyl (C=O) groups is 2. The number of rotatable bonds is 6. The fourth-order valence-electron chi connectivity index (χ4n) is 4.46. The van der Waals surface area contributed by atoms with E-state index >= 15 is 0 Å². The normalized spacial score (nSPS) is 17.6. The molecule has 0 aromatic heterocycles. The van der Waals surface area contributed by atoms with Gasteiger partial charge >= 0.3 is 0 Å². The molecule has 0 aliphatic carbocycles. The first kappa shape index (κ1) is 24.7. The predicted octanol–water partition coefficient (Wildman–Crippen LogP) is 1.71. The number of benzene rings is 2. The first-order valence-corrected chi connectivity index (χ1v) is 13.1. The van der Waals surface area contributed by atoms with Crippen LogP contribution in [-0.2, 0) is 19.6 Å². The SMILES string of the molecule is N#Cc1ccccc1S(=O)(=O)N1CCN(C(=O)C2CCN(C(=O)COc3ccccc3)CC2)CC1. The van der Waals surface area contributed by atoms with Crippen LogP contribution in [-0.4, -0.2) is 80.2 Å². The lowest BCUT2D eigenvalue weighted by molar-refractivity contribution is -0.142. The molecule has 2 heterocycles. The summed E-state index contributed by atoms with van der Waals surface area (Å²) >= 11 is 0. The number of likely N-dealkylation sites (tertiary alicyclic amines) is 1. The number of para-hydroxylation sites is 1. The van der Waals surface area contributed by atoms with Gasteiger partial charge in [-0.05, 0) is 37.1 Å². The molecule has 0 radical (unpaired) electrons. The Hall–Kier alpha value is -3.42. The molecule has 0 spiro atoms. The highest BCUT2D eigenvalue weighted by atomic mass is 32.2. The van der Waals surface area contributed by atoms with Gasteiger partial charge in [-0.2, -0.15) is 9.57 Å². The fraction of sp³-hybridized carbons (Fsp3) is 0.400. The molecular formula is C25H28N4O5S. The lowest BCUT2D eigenvalue weighted by Crippen LogP contribution is -2.53. The minimum absolute atomic E-state index is 0.00411. The molecule has 2 fully saturated rings. The predicted molar refractivity (Wildman–Crippen MR) is 128 cm³/mol. The number of hydrogen-bond acceptors (Lipinski definition) is 6. The van der Waals surface area contributed by atoms with Crippen molar-refractivity contribution in [3.8, 4) is 11.8 Å². The quantitative estimate of drug-likeness (QED) is 0.602. The maximum Gasteiger partial charge on any atom is 0.260 e. The van der Waals surface area contributed by atoms with E-state index in [1.165, 1.54) is 16.4 Å². The Balaban J connectivity index is 1.26. The summed E-state index contributed by atoms with van der Waals surface area (Å²) in [6, 6.07) is 17.2. The van der Waals surface area contributed by atoms with E-state index in [1.807, 2.05) is 24.3 Å². The number of nitrogens with zero attached hydrogens (tertiary/aromatic N) is 4. The molecule has 35 heavy (non-hydrogen) atoms. The molecule has 4 rings (SSSR count). The van der Waals surface area contributed by atoms with Crippen LogP contribution >= 0.6 is 0 Å². The van der Waals surface area contributed by atoms with Gasteiger partial charge in [0, 0.05) is 45.2 Å². The second kappa shape index (κ2) is 10.9. The molecule has 0 unspecified atom stereocenters. The number of carbonyl (C=O) groups excluding carboxylic acids is 2. The first-order valence-electron chi connectivity index (χ1n) is 11.6. The molecule has 9 nitrogen and oxygen atoms in total. The van der Waals surface area contributed by atoms with Crippen LogP contribution < -0.4 is 4.74 Å². The summed E-state index contributed by atoms with van der Waals surface area (Å²) in [6.07, 6.45) is 1.15. The first-order chi connectivity index (χ1) is 16.9. The monoisotopic (exact) mass is 496 g/mol. The molecule has 2 aliphatic rings. The van der Waals surface area contributed by atoms with Crippen molar-refractivity contribution in [2.45, 2.75) is 17.7 Å². The molecular weight excluding hydrogens is 468 g/mol. The Labute approximate surface area is 205 Å². The topological polar surface area (TPSA) is 111 Å². The molecule has 0 bridgehead atoms. The van der Waals surface area contributed by atoms with Gasteiger partial charge in [0.1, 0.15) is 11.8 Å². The van der Waals surface area contributed by atoms with Crippen LogP contribution in [0.15, 0.2) is 59.5 Å². The molecule has 184 valence electrons. The Morgan fingerprint density at radius 1 is 0.886 bits per heavy atom. The van der Waals surface area contributed by atoms with Crippen LogP contribution in [0, 0.1) is 17.2 Å². The summed E-state index contributed by atoms with van der Waals surface area (Å²) < 4.78 is 32.9. The minimum Gasteiger partial charge on any atom is -0.484 e. The van der Waals surface area contributed by atoms with Crippen molar-refractivity contribution in [3.63, 3.8) is 0 Å². The summed E-state index contributed by atoms with van der Waals surface area (Å²) in [5.41, 5.74) is 0.112. The smallest absolute Gasteiger partial charge is 0.260 e. The van der Waals surface area contributed by atoms with Gasteiger partial charge in [0.25, 0.3) is 5.91 Å². The highest BCUT2D eigenvalue weighted by Gasteiger charge is 2.35. The average Bonchev–Trinajstić information content (AvgIpc) is 2.92. The number of hydrogen-bond donors (Lipinski definition) is 0. The molecule has 0 N–H and O–H groups in total. The molecule has 2 aromatic rings. The zero-order chi connectivity index (χ0) is 24.8. The Kier molecular flexibility index (Phi) is 7.68. The van der Waals surface area contributed by atoms with Crippen molar-refractivity contribution in [1.82, 2.24) is 14.1 Å². The third kappa shape index (κ3) is 5.63. The largest absolute Gasteiger partial charge is 0.484 e. The van der Waals surface area contributed by atoms with Crippen molar-refractivity contribution >= 4 is 21.8 Å². The Morgan fingerprint density at radius 3 is 2.17 bits per heavy atom. The summed E-state index contributed by atoms with van der Waals surface area (Å²) in [5, 5.41) is 9.26. The zero-order valence-corrected chi connectivity index (χ0v) is 20.2. The lowest BCUT2D eigenvalue weighted by atomic mass is 9.95. The molecule has 2 saturated heterocycles. The van der Waals surface area contributed by atoms with Crippen LogP contribution in [0.5, 0.6) is 5.75 Å². The highest BCUT2D eigenvalue weighted by molar-refractivity contribution is 7.89. The van der Waals surface area contributed by atoms with Crippen LogP contribution in [0.25, 0.3) is 0 Å². The second-order valence-electron chi connectivity index (χ2n) is 8.59. The second-order valence-corrected chi connectivity index (χ2v) is 10.5.